The molecule has 0 saturated carbocycles. The molecule has 0 unspecified atom stereocenters. The van der Waals surface area contributed by atoms with Gasteiger partial charge in [-0.15, -0.1) is 0 Å². The first-order chi connectivity index (χ1) is 9.54. The smallest absolute Gasteiger partial charge is 0.123 e. The van der Waals surface area contributed by atoms with E-state index in [-0.39, 0.29) is 5.82 Å². The second-order valence-corrected chi connectivity index (χ2v) is 5.20. The lowest BCUT2D eigenvalue weighted by Crippen LogP contribution is -2.09. The van der Waals surface area contributed by atoms with Gasteiger partial charge in [0.25, 0.3) is 0 Å². The number of benzene rings is 2. The number of rotatable bonds is 5. The van der Waals surface area contributed by atoms with Crippen LogP contribution in [0.25, 0.3) is 0 Å². The van der Waals surface area contributed by atoms with Gasteiger partial charge < -0.3 is 10.1 Å². The number of ether oxygens (including phenoxy) is 1. The highest BCUT2D eigenvalue weighted by Crippen LogP contribution is 2.23. The molecule has 0 aromatic heterocycles. The van der Waals surface area contributed by atoms with Crippen molar-refractivity contribution in [3.05, 3.63) is 59.4 Å². The van der Waals surface area contributed by atoms with Crippen LogP contribution in [0.4, 0.5) is 10.1 Å². The summed E-state index contributed by atoms with van der Waals surface area (Å²) in [5.74, 6) is 0.586. The lowest BCUT2D eigenvalue weighted by atomic mass is 10.2. The summed E-state index contributed by atoms with van der Waals surface area (Å²) in [7, 11) is 0. The monoisotopic (exact) mass is 273 g/mol. The summed E-state index contributed by atoms with van der Waals surface area (Å²) in [6.45, 7) is 6.58. The molecule has 0 saturated heterocycles. The molecular weight excluding hydrogens is 253 g/mol. The summed E-state index contributed by atoms with van der Waals surface area (Å²) in [6.07, 6.45) is 0. The van der Waals surface area contributed by atoms with Crippen LogP contribution < -0.4 is 10.1 Å². The highest BCUT2D eigenvalue weighted by Gasteiger charge is 2.03. The van der Waals surface area contributed by atoms with E-state index in [1.165, 1.54) is 12.1 Å². The van der Waals surface area contributed by atoms with E-state index in [9.17, 15) is 4.39 Å². The van der Waals surface area contributed by atoms with Gasteiger partial charge in [0, 0.05) is 11.7 Å². The van der Waals surface area contributed by atoms with Crippen molar-refractivity contribution in [3.8, 4) is 5.75 Å². The Labute approximate surface area is 119 Å². The number of hydrogen-bond donors (Lipinski definition) is 1. The minimum absolute atomic E-state index is 0.237. The fraction of sp³-hybridized carbons (Fsp3) is 0.294. The maximum atomic E-state index is 13.1. The third-order valence-electron chi connectivity index (χ3n) is 2.91. The first-order valence-electron chi connectivity index (χ1n) is 6.79. The van der Waals surface area contributed by atoms with E-state index in [0.717, 1.165) is 22.6 Å². The Morgan fingerprint density at radius 1 is 1.15 bits per heavy atom. The zero-order valence-corrected chi connectivity index (χ0v) is 12.1. The molecule has 0 amide bonds. The van der Waals surface area contributed by atoms with Gasteiger partial charge in [-0.1, -0.05) is 12.1 Å². The molecule has 2 aromatic rings. The quantitative estimate of drug-likeness (QED) is 0.864. The predicted molar refractivity (Wildman–Crippen MR) is 80.7 cm³/mol. The third kappa shape index (κ3) is 3.98. The summed E-state index contributed by atoms with van der Waals surface area (Å²) < 4.78 is 18.8. The van der Waals surface area contributed by atoms with Crippen LogP contribution in [0.3, 0.4) is 0 Å². The average Bonchev–Trinajstić information content (AvgIpc) is 2.37. The predicted octanol–water partition coefficient (Wildman–Crippen LogP) is 4.53. The number of aryl methyl sites for hydroxylation is 1. The third-order valence-corrected chi connectivity index (χ3v) is 2.91. The van der Waals surface area contributed by atoms with Crippen molar-refractivity contribution in [2.75, 3.05) is 5.32 Å². The molecule has 0 atom stereocenters. The highest BCUT2D eigenvalue weighted by atomic mass is 19.1. The van der Waals surface area contributed by atoms with Gasteiger partial charge in [0.05, 0.1) is 0 Å². The van der Waals surface area contributed by atoms with E-state index in [0.29, 0.717) is 12.6 Å². The maximum Gasteiger partial charge on any atom is 0.123 e. The second kappa shape index (κ2) is 6.42. The topological polar surface area (TPSA) is 21.3 Å². The largest absolute Gasteiger partial charge is 0.489 e. The van der Waals surface area contributed by atoms with Crippen molar-refractivity contribution in [1.82, 2.24) is 0 Å². The molecule has 0 heterocycles. The Kier molecular flexibility index (Phi) is 4.61. The van der Waals surface area contributed by atoms with Crippen molar-refractivity contribution in [1.29, 1.82) is 0 Å². The van der Waals surface area contributed by atoms with Crippen molar-refractivity contribution in [2.24, 2.45) is 0 Å². The minimum Gasteiger partial charge on any atom is -0.489 e. The van der Waals surface area contributed by atoms with Gasteiger partial charge in [0.2, 0.25) is 0 Å². The van der Waals surface area contributed by atoms with Gasteiger partial charge in [0.15, 0.2) is 0 Å². The van der Waals surface area contributed by atoms with Crippen LogP contribution in [0.2, 0.25) is 0 Å². The maximum absolute atomic E-state index is 13.1. The van der Waals surface area contributed by atoms with Gasteiger partial charge in [0.1, 0.15) is 18.2 Å². The molecule has 0 bridgehead atoms. The molecule has 0 aliphatic rings. The summed E-state index contributed by atoms with van der Waals surface area (Å²) in [5.41, 5.74) is 2.97. The first kappa shape index (κ1) is 14.4. The normalized spacial score (nSPS) is 10.7. The summed E-state index contributed by atoms with van der Waals surface area (Å²) in [4.78, 5) is 0. The van der Waals surface area contributed by atoms with Crippen LogP contribution in [-0.2, 0) is 6.61 Å². The van der Waals surface area contributed by atoms with Gasteiger partial charge >= 0.3 is 0 Å². The Hall–Kier alpha value is -2.03. The van der Waals surface area contributed by atoms with Crippen molar-refractivity contribution in [3.63, 3.8) is 0 Å². The molecule has 2 rings (SSSR count). The van der Waals surface area contributed by atoms with Crippen LogP contribution >= 0.6 is 0 Å². The van der Waals surface area contributed by atoms with Crippen LogP contribution in [0, 0.1) is 12.7 Å². The van der Waals surface area contributed by atoms with Gasteiger partial charge in [-0.25, -0.2) is 4.39 Å². The Morgan fingerprint density at radius 2 is 1.95 bits per heavy atom. The molecular formula is C17H20FNO. The molecule has 0 fully saturated rings. The van der Waals surface area contributed by atoms with Gasteiger partial charge in [-0.3, -0.25) is 0 Å². The highest BCUT2D eigenvalue weighted by molar-refractivity contribution is 5.51. The Balaban J connectivity index is 2.03. The standard InChI is InChI=1S/C17H20FNO/c1-12(2)19-16-7-8-17(13(3)9-16)20-11-14-5-4-6-15(18)10-14/h4-10,12,19H,11H2,1-3H3. The van der Waals surface area contributed by atoms with Crippen LogP contribution in [-0.4, -0.2) is 6.04 Å². The molecule has 0 spiro atoms. The van der Waals surface area contributed by atoms with E-state index in [1.54, 1.807) is 6.07 Å². The molecule has 2 nitrogen and oxygen atoms in total. The Morgan fingerprint density at radius 3 is 2.60 bits per heavy atom. The van der Waals surface area contributed by atoms with E-state index >= 15 is 0 Å². The van der Waals surface area contributed by atoms with Crippen LogP contribution in [0.15, 0.2) is 42.5 Å². The van der Waals surface area contributed by atoms with Gasteiger partial charge in [-0.2, -0.15) is 0 Å². The van der Waals surface area contributed by atoms with Crippen molar-refractivity contribution < 1.29 is 9.13 Å². The van der Waals surface area contributed by atoms with E-state index in [2.05, 4.69) is 25.2 Å². The fourth-order valence-electron chi connectivity index (χ4n) is 2.02. The molecule has 106 valence electrons. The van der Waals surface area contributed by atoms with Crippen LogP contribution in [0.1, 0.15) is 25.0 Å². The lowest BCUT2D eigenvalue weighted by Gasteiger charge is -2.14. The molecule has 0 aliphatic heterocycles. The van der Waals surface area contributed by atoms with E-state index < -0.39 is 0 Å². The first-order valence-corrected chi connectivity index (χ1v) is 6.79. The van der Waals surface area contributed by atoms with E-state index in [1.807, 2.05) is 25.1 Å². The molecule has 1 N–H and O–H groups in total. The molecule has 2 aromatic carbocycles. The SMILES string of the molecule is Cc1cc(NC(C)C)ccc1OCc1cccc(F)c1. The lowest BCUT2D eigenvalue weighted by molar-refractivity contribution is 0.303. The number of anilines is 1. The molecule has 0 radical (unpaired) electrons. The van der Waals surface area contributed by atoms with Crippen molar-refractivity contribution in [2.45, 2.75) is 33.4 Å². The zero-order valence-electron chi connectivity index (χ0n) is 12.1. The zero-order chi connectivity index (χ0) is 14.5. The van der Waals surface area contributed by atoms with E-state index in [4.69, 9.17) is 4.74 Å². The number of nitrogens with one attached hydrogen (secondary N) is 1. The number of halogens is 1. The number of hydrogen-bond acceptors (Lipinski definition) is 2. The average molecular weight is 273 g/mol. The molecule has 3 heteroatoms. The molecule has 20 heavy (non-hydrogen) atoms. The van der Waals surface area contributed by atoms with Crippen LogP contribution in [0.5, 0.6) is 5.75 Å². The molecule has 0 aliphatic carbocycles. The minimum atomic E-state index is -0.237. The second-order valence-electron chi connectivity index (χ2n) is 5.20. The summed E-state index contributed by atoms with van der Waals surface area (Å²) >= 11 is 0. The summed E-state index contributed by atoms with van der Waals surface area (Å²) in [6, 6.07) is 12.9. The van der Waals surface area contributed by atoms with Crippen molar-refractivity contribution >= 4 is 5.69 Å². The summed E-state index contributed by atoms with van der Waals surface area (Å²) in [5, 5.41) is 3.35. The van der Waals surface area contributed by atoms with Gasteiger partial charge in [-0.05, 0) is 62.2 Å². The fourth-order valence-corrected chi connectivity index (χ4v) is 2.02. The Bertz CT molecular complexity index is 581.